The van der Waals surface area contributed by atoms with Crippen molar-refractivity contribution < 1.29 is 4.79 Å². The Morgan fingerprint density at radius 1 is 1.08 bits per heavy atom. The molecule has 1 amide bonds. The summed E-state index contributed by atoms with van der Waals surface area (Å²) in [6.07, 6.45) is 7.95. The van der Waals surface area contributed by atoms with Crippen molar-refractivity contribution in [2.75, 3.05) is 18.0 Å². The Morgan fingerprint density at radius 3 is 2.46 bits per heavy atom. The Morgan fingerprint density at radius 2 is 1.77 bits per heavy atom. The fourth-order valence-corrected chi connectivity index (χ4v) is 4.86. The number of hydrogen-bond donors (Lipinski definition) is 2. The summed E-state index contributed by atoms with van der Waals surface area (Å²) in [4.78, 5) is 14.9. The molecule has 3 unspecified atom stereocenters. The number of rotatable bonds is 4. The van der Waals surface area contributed by atoms with Gasteiger partial charge < -0.3 is 15.5 Å². The summed E-state index contributed by atoms with van der Waals surface area (Å²) in [5, 5.41) is 6.98. The summed E-state index contributed by atoms with van der Waals surface area (Å²) in [6.45, 7) is 2.03. The molecule has 3 saturated heterocycles. The maximum Gasteiger partial charge on any atom is 0.220 e. The van der Waals surface area contributed by atoms with Crippen molar-refractivity contribution in [2.45, 2.75) is 63.1 Å². The van der Waals surface area contributed by atoms with Crippen LogP contribution < -0.4 is 15.5 Å². The predicted octanol–water partition coefficient (Wildman–Crippen LogP) is 3.54. The van der Waals surface area contributed by atoms with Gasteiger partial charge in [0.2, 0.25) is 5.91 Å². The van der Waals surface area contributed by atoms with Crippen LogP contribution in [0.3, 0.4) is 0 Å². The Bertz CT molecular complexity index is 559. The van der Waals surface area contributed by atoms with Gasteiger partial charge in [-0.15, -0.1) is 24.8 Å². The molecule has 0 radical (unpaired) electrons. The van der Waals surface area contributed by atoms with Crippen LogP contribution in [0.15, 0.2) is 30.3 Å². The topological polar surface area (TPSA) is 44.4 Å². The van der Waals surface area contributed by atoms with E-state index in [4.69, 9.17) is 0 Å². The summed E-state index contributed by atoms with van der Waals surface area (Å²) >= 11 is 0. The molecule has 2 bridgehead atoms. The van der Waals surface area contributed by atoms with Gasteiger partial charge in [-0.25, -0.2) is 0 Å². The Kier molecular flexibility index (Phi) is 8.05. The van der Waals surface area contributed by atoms with Gasteiger partial charge in [0.1, 0.15) is 0 Å². The second-order valence-electron chi connectivity index (χ2n) is 7.87. The van der Waals surface area contributed by atoms with Crippen molar-refractivity contribution in [2.24, 2.45) is 5.92 Å². The van der Waals surface area contributed by atoms with Crippen molar-refractivity contribution in [3.05, 3.63) is 30.3 Å². The van der Waals surface area contributed by atoms with Gasteiger partial charge in [-0.3, -0.25) is 4.79 Å². The number of para-hydroxylation sites is 1. The summed E-state index contributed by atoms with van der Waals surface area (Å²) in [6, 6.07) is 12.2. The van der Waals surface area contributed by atoms with Crippen molar-refractivity contribution >= 4 is 36.4 Å². The van der Waals surface area contributed by atoms with E-state index in [-0.39, 0.29) is 30.7 Å². The number of carbonyl (C=O) groups is 1. The molecule has 3 fully saturated rings. The number of carbonyl (C=O) groups excluding carboxylic acids is 1. The molecule has 0 spiro atoms. The van der Waals surface area contributed by atoms with E-state index in [9.17, 15) is 4.79 Å². The molecule has 3 atom stereocenters. The average Bonchev–Trinajstić information content (AvgIpc) is 2.94. The molecule has 4 rings (SSSR count). The highest BCUT2D eigenvalue weighted by atomic mass is 35.5. The van der Waals surface area contributed by atoms with E-state index in [1.54, 1.807) is 0 Å². The minimum atomic E-state index is 0. The van der Waals surface area contributed by atoms with Crippen molar-refractivity contribution in [3.63, 3.8) is 0 Å². The Hall–Kier alpha value is -0.970. The van der Waals surface area contributed by atoms with Gasteiger partial charge in [-0.05, 0) is 56.6 Å². The van der Waals surface area contributed by atoms with Gasteiger partial charge in [0.25, 0.3) is 0 Å². The van der Waals surface area contributed by atoms with Crippen molar-refractivity contribution in [1.29, 1.82) is 0 Å². The Balaban J connectivity index is 0.00000121. The van der Waals surface area contributed by atoms with E-state index in [0.29, 0.717) is 24.0 Å². The number of halogens is 2. The van der Waals surface area contributed by atoms with E-state index in [0.717, 1.165) is 32.4 Å². The first-order valence-corrected chi connectivity index (χ1v) is 9.61. The zero-order valence-electron chi connectivity index (χ0n) is 15.2. The average molecular weight is 400 g/mol. The largest absolute Gasteiger partial charge is 0.369 e. The molecule has 4 nitrogen and oxygen atoms in total. The van der Waals surface area contributed by atoms with Crippen LogP contribution in [-0.2, 0) is 4.79 Å². The molecule has 1 aromatic rings. The number of nitrogens with zero attached hydrogens (tertiary/aromatic N) is 1. The lowest BCUT2D eigenvalue weighted by Crippen LogP contribution is -2.48. The smallest absolute Gasteiger partial charge is 0.220 e. The lowest BCUT2D eigenvalue weighted by atomic mass is 9.89. The number of hydrogen-bond acceptors (Lipinski definition) is 3. The van der Waals surface area contributed by atoms with Gasteiger partial charge in [0, 0.05) is 43.3 Å². The number of nitrogens with one attached hydrogen (secondary N) is 2. The first-order valence-electron chi connectivity index (χ1n) is 9.61. The van der Waals surface area contributed by atoms with Crippen molar-refractivity contribution in [1.82, 2.24) is 10.6 Å². The maximum absolute atomic E-state index is 12.5. The quantitative estimate of drug-likeness (QED) is 0.813. The first kappa shape index (κ1) is 21.3. The zero-order valence-corrected chi connectivity index (χ0v) is 16.9. The van der Waals surface area contributed by atoms with E-state index < -0.39 is 0 Å². The molecule has 3 aliphatic rings. The predicted molar refractivity (Wildman–Crippen MR) is 112 cm³/mol. The second kappa shape index (κ2) is 9.82. The number of anilines is 1. The molecular weight excluding hydrogens is 369 g/mol. The van der Waals surface area contributed by atoms with Crippen LogP contribution in [0.1, 0.15) is 44.9 Å². The lowest BCUT2D eigenvalue weighted by molar-refractivity contribution is -0.123. The molecule has 26 heavy (non-hydrogen) atoms. The summed E-state index contributed by atoms with van der Waals surface area (Å²) in [5.41, 5.74) is 1.27. The summed E-state index contributed by atoms with van der Waals surface area (Å²) < 4.78 is 0. The third kappa shape index (κ3) is 5.28. The van der Waals surface area contributed by atoms with Crippen LogP contribution in [0.25, 0.3) is 0 Å². The lowest BCUT2D eigenvalue weighted by Gasteiger charge is -2.35. The maximum atomic E-state index is 12.5. The third-order valence-electron chi connectivity index (χ3n) is 5.95. The molecule has 3 aliphatic heterocycles. The molecule has 0 aromatic heterocycles. The van der Waals surface area contributed by atoms with Gasteiger partial charge in [-0.2, -0.15) is 0 Å². The number of fused-ring (bicyclic) bond motifs is 2. The monoisotopic (exact) mass is 399 g/mol. The molecule has 2 N–H and O–H groups in total. The number of amides is 1. The van der Waals surface area contributed by atoms with Crippen LogP contribution in [0.4, 0.5) is 5.69 Å². The molecule has 0 saturated carbocycles. The molecular formula is C20H31Cl2N3O. The standard InChI is InChI=1S/C20H29N3O.2ClH/c24-20(13-15-11-16-8-9-17(12-15)21-16)22-18-5-4-10-23(14-18)19-6-2-1-3-7-19;;/h1-3,6-7,15-18,21H,4-5,8-14H2,(H,22,24);2*1H. The fourth-order valence-electron chi connectivity index (χ4n) is 4.86. The molecule has 1 aromatic carbocycles. The minimum absolute atomic E-state index is 0. The van der Waals surface area contributed by atoms with Crippen molar-refractivity contribution in [3.8, 4) is 0 Å². The first-order chi connectivity index (χ1) is 11.8. The van der Waals surface area contributed by atoms with Gasteiger partial charge >= 0.3 is 0 Å². The SMILES string of the molecule is Cl.Cl.O=C(CC1CC2CCC(C1)N2)NC1CCCN(c2ccccc2)C1. The van der Waals surface area contributed by atoms with E-state index in [2.05, 4.69) is 45.9 Å². The van der Waals surface area contributed by atoms with Crippen LogP contribution in [0, 0.1) is 5.92 Å². The van der Waals surface area contributed by atoms with Crippen LogP contribution in [-0.4, -0.2) is 37.1 Å². The molecule has 146 valence electrons. The zero-order chi connectivity index (χ0) is 16.4. The number of piperidine rings is 2. The third-order valence-corrected chi connectivity index (χ3v) is 5.95. The fraction of sp³-hybridized carbons (Fsp3) is 0.650. The van der Waals surface area contributed by atoms with E-state index in [1.807, 2.05) is 0 Å². The van der Waals surface area contributed by atoms with Crippen LogP contribution in [0.2, 0.25) is 0 Å². The summed E-state index contributed by atoms with van der Waals surface area (Å²) in [7, 11) is 0. The van der Waals surface area contributed by atoms with E-state index in [1.165, 1.54) is 31.4 Å². The highest BCUT2D eigenvalue weighted by Crippen LogP contribution is 2.32. The van der Waals surface area contributed by atoms with Gasteiger partial charge in [-0.1, -0.05) is 18.2 Å². The minimum Gasteiger partial charge on any atom is -0.369 e. The highest BCUT2D eigenvalue weighted by Gasteiger charge is 2.34. The van der Waals surface area contributed by atoms with E-state index >= 15 is 0 Å². The van der Waals surface area contributed by atoms with Gasteiger partial charge in [0.05, 0.1) is 0 Å². The molecule has 0 aliphatic carbocycles. The molecule has 3 heterocycles. The second-order valence-corrected chi connectivity index (χ2v) is 7.87. The number of benzene rings is 1. The summed E-state index contributed by atoms with van der Waals surface area (Å²) in [5.74, 6) is 0.846. The van der Waals surface area contributed by atoms with Crippen LogP contribution in [0.5, 0.6) is 0 Å². The Labute approximate surface area is 169 Å². The van der Waals surface area contributed by atoms with Gasteiger partial charge in [0.15, 0.2) is 0 Å². The highest BCUT2D eigenvalue weighted by molar-refractivity contribution is 5.85. The molecule has 6 heteroatoms. The normalized spacial score (nSPS) is 30.1. The van der Waals surface area contributed by atoms with Crippen LogP contribution >= 0.6 is 24.8 Å².